The summed E-state index contributed by atoms with van der Waals surface area (Å²) in [6.45, 7) is 4.41. The SMILES string of the molecule is C=C(Cl)CNC1(CO)CCCC1. The molecule has 0 radical (unpaired) electrons. The third kappa shape index (κ3) is 2.47. The summed E-state index contributed by atoms with van der Waals surface area (Å²) in [6, 6.07) is 0. The summed E-state index contributed by atoms with van der Waals surface area (Å²) in [4.78, 5) is 0. The molecule has 0 spiro atoms. The molecule has 1 rings (SSSR count). The van der Waals surface area contributed by atoms with Crippen molar-refractivity contribution in [3.63, 3.8) is 0 Å². The van der Waals surface area contributed by atoms with E-state index in [4.69, 9.17) is 11.6 Å². The molecule has 3 heteroatoms. The van der Waals surface area contributed by atoms with Gasteiger partial charge in [-0.3, -0.25) is 0 Å². The average Bonchev–Trinajstić information content (AvgIpc) is 2.50. The van der Waals surface area contributed by atoms with E-state index in [1.165, 1.54) is 12.8 Å². The first-order valence-corrected chi connectivity index (χ1v) is 4.75. The van der Waals surface area contributed by atoms with Gasteiger partial charge in [-0.25, -0.2) is 0 Å². The molecule has 1 aliphatic carbocycles. The van der Waals surface area contributed by atoms with Crippen molar-refractivity contribution in [2.24, 2.45) is 0 Å². The second kappa shape index (κ2) is 4.26. The van der Waals surface area contributed by atoms with Crippen LogP contribution in [-0.2, 0) is 0 Å². The van der Waals surface area contributed by atoms with Gasteiger partial charge in [0.2, 0.25) is 0 Å². The summed E-state index contributed by atoms with van der Waals surface area (Å²) >= 11 is 5.64. The van der Waals surface area contributed by atoms with Crippen molar-refractivity contribution in [1.82, 2.24) is 5.32 Å². The maximum absolute atomic E-state index is 9.19. The minimum absolute atomic E-state index is 0.0716. The lowest BCUT2D eigenvalue weighted by Gasteiger charge is -2.27. The summed E-state index contributed by atoms with van der Waals surface area (Å²) in [7, 11) is 0. The zero-order valence-electron chi connectivity index (χ0n) is 7.27. The van der Waals surface area contributed by atoms with Gasteiger partial charge in [-0.05, 0) is 12.8 Å². The number of aliphatic hydroxyl groups excluding tert-OH is 1. The van der Waals surface area contributed by atoms with Gasteiger partial charge in [0.1, 0.15) is 0 Å². The smallest absolute Gasteiger partial charge is 0.0613 e. The van der Waals surface area contributed by atoms with E-state index in [0.717, 1.165) is 12.8 Å². The fraction of sp³-hybridized carbons (Fsp3) is 0.778. The topological polar surface area (TPSA) is 32.3 Å². The molecule has 2 nitrogen and oxygen atoms in total. The molecule has 1 saturated carbocycles. The molecule has 12 heavy (non-hydrogen) atoms. The largest absolute Gasteiger partial charge is 0.394 e. The van der Waals surface area contributed by atoms with Crippen molar-refractivity contribution in [2.45, 2.75) is 31.2 Å². The minimum atomic E-state index is -0.0716. The highest BCUT2D eigenvalue weighted by molar-refractivity contribution is 6.29. The van der Waals surface area contributed by atoms with Crippen LogP contribution in [0, 0.1) is 0 Å². The number of rotatable bonds is 4. The molecule has 0 aromatic carbocycles. The molecule has 0 atom stereocenters. The van der Waals surface area contributed by atoms with Crippen LogP contribution in [0.15, 0.2) is 11.6 Å². The van der Waals surface area contributed by atoms with Gasteiger partial charge in [0, 0.05) is 17.1 Å². The summed E-state index contributed by atoms with van der Waals surface area (Å²) in [6.07, 6.45) is 4.49. The molecule has 70 valence electrons. The lowest BCUT2D eigenvalue weighted by Crippen LogP contribution is -2.46. The van der Waals surface area contributed by atoms with Crippen LogP contribution in [0.4, 0.5) is 0 Å². The second-order valence-electron chi connectivity index (χ2n) is 3.52. The maximum Gasteiger partial charge on any atom is 0.0613 e. The van der Waals surface area contributed by atoms with Crippen molar-refractivity contribution in [2.75, 3.05) is 13.2 Å². The number of hydrogen-bond donors (Lipinski definition) is 2. The van der Waals surface area contributed by atoms with E-state index >= 15 is 0 Å². The number of aliphatic hydroxyl groups is 1. The summed E-state index contributed by atoms with van der Waals surface area (Å²) < 4.78 is 0. The van der Waals surface area contributed by atoms with Crippen LogP contribution < -0.4 is 5.32 Å². The van der Waals surface area contributed by atoms with E-state index in [9.17, 15) is 5.11 Å². The zero-order chi connectivity index (χ0) is 9.03. The third-order valence-corrected chi connectivity index (χ3v) is 2.65. The predicted octanol–water partition coefficient (Wildman–Crippen LogP) is 1.63. The molecule has 0 amide bonds. The molecular formula is C9H16ClNO. The quantitative estimate of drug-likeness (QED) is 0.705. The Morgan fingerprint density at radius 3 is 2.50 bits per heavy atom. The van der Waals surface area contributed by atoms with Crippen LogP contribution in [0.3, 0.4) is 0 Å². The first-order valence-electron chi connectivity index (χ1n) is 4.38. The van der Waals surface area contributed by atoms with Gasteiger partial charge in [0.05, 0.1) is 6.61 Å². The summed E-state index contributed by atoms with van der Waals surface area (Å²) in [5.74, 6) is 0. The summed E-state index contributed by atoms with van der Waals surface area (Å²) in [5.41, 5.74) is -0.0716. The molecular weight excluding hydrogens is 174 g/mol. The van der Waals surface area contributed by atoms with Crippen molar-refractivity contribution in [1.29, 1.82) is 0 Å². The highest BCUT2D eigenvalue weighted by atomic mass is 35.5. The lowest BCUT2D eigenvalue weighted by molar-refractivity contribution is 0.168. The number of hydrogen-bond acceptors (Lipinski definition) is 2. The molecule has 0 heterocycles. The van der Waals surface area contributed by atoms with Crippen LogP contribution in [0.2, 0.25) is 0 Å². The molecule has 0 unspecified atom stereocenters. The molecule has 2 N–H and O–H groups in total. The summed E-state index contributed by atoms with van der Waals surface area (Å²) in [5, 5.41) is 13.1. The highest BCUT2D eigenvalue weighted by Crippen LogP contribution is 2.29. The Kier molecular flexibility index (Phi) is 3.56. The van der Waals surface area contributed by atoms with E-state index < -0.39 is 0 Å². The highest BCUT2D eigenvalue weighted by Gasteiger charge is 2.32. The van der Waals surface area contributed by atoms with Crippen LogP contribution in [-0.4, -0.2) is 23.8 Å². The number of halogens is 1. The number of nitrogens with one attached hydrogen (secondary N) is 1. The van der Waals surface area contributed by atoms with Crippen molar-refractivity contribution >= 4 is 11.6 Å². The van der Waals surface area contributed by atoms with E-state index in [-0.39, 0.29) is 12.1 Å². The van der Waals surface area contributed by atoms with Gasteiger partial charge >= 0.3 is 0 Å². The van der Waals surface area contributed by atoms with E-state index in [2.05, 4.69) is 11.9 Å². The first-order chi connectivity index (χ1) is 5.68. The standard InChI is InChI=1S/C9H16ClNO/c1-8(10)6-11-9(7-12)4-2-3-5-9/h11-12H,1-7H2. The van der Waals surface area contributed by atoms with Gasteiger partial charge in [0.25, 0.3) is 0 Å². The molecule has 0 aliphatic heterocycles. The van der Waals surface area contributed by atoms with Crippen molar-refractivity contribution in [3.8, 4) is 0 Å². The van der Waals surface area contributed by atoms with Gasteiger partial charge in [-0.1, -0.05) is 31.0 Å². The second-order valence-corrected chi connectivity index (χ2v) is 4.05. The molecule has 1 aliphatic rings. The molecule has 0 bridgehead atoms. The van der Waals surface area contributed by atoms with Crippen molar-refractivity contribution in [3.05, 3.63) is 11.6 Å². The van der Waals surface area contributed by atoms with Gasteiger partial charge in [-0.2, -0.15) is 0 Å². The molecule has 0 aromatic rings. The van der Waals surface area contributed by atoms with E-state index in [1.54, 1.807) is 0 Å². The first kappa shape index (κ1) is 10.0. The Labute approximate surface area is 78.6 Å². The lowest BCUT2D eigenvalue weighted by atomic mass is 9.99. The van der Waals surface area contributed by atoms with Gasteiger partial charge in [0.15, 0.2) is 0 Å². The normalized spacial score (nSPS) is 21.2. The molecule has 0 saturated heterocycles. The Morgan fingerprint density at radius 2 is 2.08 bits per heavy atom. The Morgan fingerprint density at radius 1 is 1.50 bits per heavy atom. The maximum atomic E-state index is 9.19. The van der Waals surface area contributed by atoms with Gasteiger partial charge in [-0.15, -0.1) is 0 Å². The zero-order valence-corrected chi connectivity index (χ0v) is 8.03. The fourth-order valence-electron chi connectivity index (χ4n) is 1.73. The monoisotopic (exact) mass is 189 g/mol. The van der Waals surface area contributed by atoms with Crippen molar-refractivity contribution < 1.29 is 5.11 Å². The van der Waals surface area contributed by atoms with Crippen LogP contribution in [0.1, 0.15) is 25.7 Å². The van der Waals surface area contributed by atoms with Crippen LogP contribution >= 0.6 is 11.6 Å². The average molecular weight is 190 g/mol. The molecule has 1 fully saturated rings. The van der Waals surface area contributed by atoms with E-state index in [0.29, 0.717) is 11.6 Å². The third-order valence-electron chi connectivity index (χ3n) is 2.52. The minimum Gasteiger partial charge on any atom is -0.394 e. The Balaban J connectivity index is 2.39. The fourth-order valence-corrected chi connectivity index (χ4v) is 1.79. The van der Waals surface area contributed by atoms with E-state index in [1.807, 2.05) is 0 Å². The van der Waals surface area contributed by atoms with Crippen LogP contribution in [0.5, 0.6) is 0 Å². The predicted molar refractivity (Wildman–Crippen MR) is 51.3 cm³/mol. The Hall–Kier alpha value is -0.0500. The van der Waals surface area contributed by atoms with Gasteiger partial charge < -0.3 is 10.4 Å². The van der Waals surface area contributed by atoms with Crippen LogP contribution in [0.25, 0.3) is 0 Å². The Bertz CT molecular complexity index is 164. The molecule has 0 aromatic heterocycles.